The summed E-state index contributed by atoms with van der Waals surface area (Å²) < 4.78 is 22.3. The van der Waals surface area contributed by atoms with E-state index in [0.717, 1.165) is 95.0 Å². The van der Waals surface area contributed by atoms with Crippen molar-refractivity contribution in [3.05, 3.63) is 392 Å². The highest BCUT2D eigenvalue weighted by Gasteiger charge is 2.52. The third kappa shape index (κ3) is 11.9. The maximum absolute atomic E-state index is 6.44. The summed E-state index contributed by atoms with van der Waals surface area (Å²) in [5.41, 5.74) is 29.2. The Morgan fingerprint density at radius 1 is 0.282 bits per heavy atom. The first-order valence-corrected chi connectivity index (χ1v) is 43.1. The van der Waals surface area contributed by atoms with Crippen molar-refractivity contribution in [3.63, 3.8) is 0 Å². The molecule has 594 valence electrons. The lowest BCUT2D eigenvalue weighted by Gasteiger charge is -2.32. The first kappa shape index (κ1) is 74.7. The summed E-state index contributed by atoms with van der Waals surface area (Å²) in [6.07, 6.45) is 4.37. The van der Waals surface area contributed by atoms with Crippen LogP contribution in [0.4, 0.5) is 0 Å². The summed E-state index contributed by atoms with van der Waals surface area (Å²) in [6, 6.07) is 126. The van der Waals surface area contributed by atoms with Crippen molar-refractivity contribution in [3.8, 4) is 78.9 Å². The fourth-order valence-corrected chi connectivity index (χ4v) is 20.1. The molecule has 0 N–H and O–H groups in total. The SMILES string of the molecule is CC1(C)OB(c2ccc3c(c2)c2ccc4c(ccn4-c4ccccc4)c2n3-c2ccc3ccccc3c2)OC1(C)C.CC1(C)c2ccccc2-c2ccc(-c3nc(-c4ccc5c(c4)c4ccc6c(ccn6-c6ccccc6)c4n5-c4ccc5ccccc5c4)nc4ccccc34)cc21.CC1(C)c2ccccc2-c2ccc(-c3nc(Cl)nc4ccccc34)cc21. The summed E-state index contributed by atoms with van der Waals surface area (Å²) in [7, 11) is -0.411. The van der Waals surface area contributed by atoms with Gasteiger partial charge in [0.15, 0.2) is 5.82 Å². The van der Waals surface area contributed by atoms with Crippen molar-refractivity contribution in [2.45, 2.75) is 77.4 Å². The van der Waals surface area contributed by atoms with Gasteiger partial charge in [0.1, 0.15) is 0 Å². The van der Waals surface area contributed by atoms with E-state index in [1.54, 1.807) is 0 Å². The molecule has 1 fully saturated rings. The van der Waals surface area contributed by atoms with Crippen LogP contribution in [-0.4, -0.2) is 56.5 Å². The van der Waals surface area contributed by atoms with Gasteiger partial charge in [0.2, 0.25) is 5.28 Å². The summed E-state index contributed by atoms with van der Waals surface area (Å²) in [4.78, 5) is 19.5. The number of fused-ring (bicyclic) bond motifs is 20. The number of rotatable bonds is 8. The number of nitrogens with zero attached hydrogens (tertiary/aromatic N) is 8. The number of hydrogen-bond donors (Lipinski definition) is 0. The first-order valence-electron chi connectivity index (χ1n) is 42.7. The number of benzene rings is 16. The van der Waals surface area contributed by atoms with E-state index in [4.69, 9.17) is 30.9 Å². The zero-order valence-electron chi connectivity index (χ0n) is 70.0. The highest BCUT2D eigenvalue weighted by molar-refractivity contribution is 6.62. The van der Waals surface area contributed by atoms with Crippen molar-refractivity contribution in [2.75, 3.05) is 0 Å². The lowest BCUT2D eigenvalue weighted by molar-refractivity contribution is 0.00578. The van der Waals surface area contributed by atoms with Gasteiger partial charge in [-0.15, -0.1) is 0 Å². The molecule has 10 nitrogen and oxygen atoms in total. The average molecular weight is 1620 g/mol. The first-order chi connectivity index (χ1) is 60.4. The lowest BCUT2D eigenvalue weighted by atomic mass is 9.78. The van der Waals surface area contributed by atoms with Gasteiger partial charge >= 0.3 is 7.12 Å². The minimum atomic E-state index is -0.411. The Balaban J connectivity index is 0.000000116. The third-order valence-electron chi connectivity index (χ3n) is 26.9. The second kappa shape index (κ2) is 28.4. The van der Waals surface area contributed by atoms with Gasteiger partial charge in [-0.05, 0) is 232 Å². The molecule has 0 bridgehead atoms. The lowest BCUT2D eigenvalue weighted by Crippen LogP contribution is -2.41. The van der Waals surface area contributed by atoms with Gasteiger partial charge in [-0.25, -0.2) is 19.9 Å². The molecule has 0 atom stereocenters. The molecule has 25 rings (SSSR count). The highest BCUT2D eigenvalue weighted by Crippen LogP contribution is 2.53. The molecule has 3 aliphatic rings. The molecule has 0 saturated carbocycles. The van der Waals surface area contributed by atoms with Crippen molar-refractivity contribution in [2.24, 2.45) is 0 Å². The Labute approximate surface area is 723 Å². The van der Waals surface area contributed by atoms with Crippen LogP contribution in [0.2, 0.25) is 5.28 Å². The predicted octanol–water partition coefficient (Wildman–Crippen LogP) is 27.9. The smallest absolute Gasteiger partial charge is 0.399 e. The number of para-hydroxylation sites is 4. The Hall–Kier alpha value is -14.3. The number of halogens is 1. The van der Waals surface area contributed by atoms with Crippen LogP contribution in [0.25, 0.3) is 188 Å². The van der Waals surface area contributed by atoms with E-state index in [-0.39, 0.29) is 16.1 Å². The molecule has 0 spiro atoms. The third-order valence-corrected chi connectivity index (χ3v) is 27.1. The molecule has 0 radical (unpaired) electrons. The van der Waals surface area contributed by atoms with E-state index in [1.165, 1.54) is 120 Å². The molecule has 2 aliphatic carbocycles. The van der Waals surface area contributed by atoms with Gasteiger partial charge in [-0.3, -0.25) is 0 Å². The predicted molar refractivity (Wildman–Crippen MR) is 515 cm³/mol. The van der Waals surface area contributed by atoms with Gasteiger partial charge < -0.3 is 27.6 Å². The number of aromatic nitrogens is 8. The van der Waals surface area contributed by atoms with Gasteiger partial charge in [0.05, 0.1) is 66.7 Å². The molecule has 1 saturated heterocycles. The zero-order valence-corrected chi connectivity index (χ0v) is 70.7. The monoisotopic (exact) mass is 1620 g/mol. The summed E-state index contributed by atoms with van der Waals surface area (Å²) >= 11 is 6.20. The molecule has 12 heteroatoms. The largest absolute Gasteiger partial charge is 0.494 e. The van der Waals surface area contributed by atoms with Crippen LogP contribution >= 0.6 is 11.6 Å². The molecule has 6 aromatic heterocycles. The fraction of sp³-hybridized carbons (Fsp3) is 0.107. The van der Waals surface area contributed by atoms with Crippen molar-refractivity contribution in [1.82, 2.24) is 38.2 Å². The maximum Gasteiger partial charge on any atom is 0.494 e. The second-order valence-corrected chi connectivity index (χ2v) is 35.6. The van der Waals surface area contributed by atoms with Gasteiger partial charge in [0, 0.05) is 106 Å². The molecule has 124 heavy (non-hydrogen) atoms. The topological polar surface area (TPSA) is 89.7 Å². The summed E-state index contributed by atoms with van der Waals surface area (Å²) in [5, 5.41) is 14.4. The highest BCUT2D eigenvalue weighted by atomic mass is 35.5. The fourth-order valence-electron chi connectivity index (χ4n) is 19.9. The number of hydrogen-bond acceptors (Lipinski definition) is 6. The van der Waals surface area contributed by atoms with Gasteiger partial charge in [0.25, 0.3) is 0 Å². The zero-order chi connectivity index (χ0) is 83.6. The summed E-state index contributed by atoms with van der Waals surface area (Å²) in [6.45, 7) is 17.6. The van der Waals surface area contributed by atoms with Crippen molar-refractivity contribution < 1.29 is 9.31 Å². The minimum absolute atomic E-state index is 0.0332. The standard InChI is InChI=1S/C53H36N4.C36H31BN2O2.C23H17ClN2/c1-53(2)45-18-10-8-16-39(45)40-24-21-35(32-46(40)53)50-42-17-9-11-19-47(42)54-52(55-50)36-22-26-49-44(31-36)41-25-27-48-43(28-29-56(48)37-14-4-3-5-15-37)51(41)57(49)38-23-20-33-12-6-7-13-34(33)30-38;1-35(2)36(3,4)41-37(40-35)26-15-18-33-31(23-26)29-17-19-32-30(20-21-38(32)27-12-6-5-7-13-27)34(29)39(33)28-16-14-24-10-8-9-11-25(24)22-28;1-23(2)18-9-5-3-7-15(18)16-12-11-14(13-19(16)23)21-17-8-4-6-10-20(17)25-22(24)26-21/h3-32H,1-2H3;5-23H,1-4H3;3-13H,1-2H3. The molecule has 1 aliphatic heterocycles. The molecular formula is C112H84BClN8O2. The molecule has 0 unspecified atom stereocenters. The maximum atomic E-state index is 6.44. The Bertz CT molecular complexity index is 8160. The average Bonchev–Trinajstić information content (AvgIpc) is 1.55. The molecule has 0 amide bonds. The van der Waals surface area contributed by atoms with Crippen LogP contribution in [0.1, 0.15) is 77.6 Å². The minimum Gasteiger partial charge on any atom is -0.399 e. The molecular weight excluding hydrogens is 1540 g/mol. The van der Waals surface area contributed by atoms with Crippen LogP contribution < -0.4 is 5.46 Å². The Morgan fingerprint density at radius 2 is 0.702 bits per heavy atom. The quantitative estimate of drug-likeness (QED) is 0.111. The Morgan fingerprint density at radius 3 is 1.23 bits per heavy atom. The van der Waals surface area contributed by atoms with Crippen LogP contribution in [0.15, 0.2) is 364 Å². The second-order valence-electron chi connectivity index (χ2n) is 35.3. The van der Waals surface area contributed by atoms with Crippen molar-refractivity contribution >= 4 is 133 Å². The van der Waals surface area contributed by atoms with E-state index in [9.17, 15) is 0 Å². The van der Waals surface area contributed by atoms with Crippen LogP contribution in [0.3, 0.4) is 0 Å². The van der Waals surface area contributed by atoms with Crippen LogP contribution in [0, 0.1) is 0 Å². The molecule has 16 aromatic carbocycles. The van der Waals surface area contributed by atoms with Gasteiger partial charge in [-0.1, -0.05) is 258 Å². The summed E-state index contributed by atoms with van der Waals surface area (Å²) in [5.74, 6) is 0.719. The van der Waals surface area contributed by atoms with Crippen LogP contribution in [-0.2, 0) is 20.1 Å². The Kier molecular flexibility index (Phi) is 17.1. The van der Waals surface area contributed by atoms with Crippen LogP contribution in [0.5, 0.6) is 0 Å². The van der Waals surface area contributed by atoms with E-state index < -0.39 is 18.3 Å². The molecule has 7 heterocycles. The van der Waals surface area contributed by atoms with Gasteiger partial charge in [-0.2, -0.15) is 0 Å². The van der Waals surface area contributed by atoms with E-state index in [2.05, 4.69) is 424 Å². The van der Waals surface area contributed by atoms with E-state index in [0.29, 0.717) is 0 Å². The molecule has 22 aromatic rings. The van der Waals surface area contributed by atoms with Crippen molar-refractivity contribution in [1.29, 1.82) is 0 Å². The van der Waals surface area contributed by atoms with E-state index in [1.807, 2.05) is 24.3 Å². The normalized spacial score (nSPS) is 14.5. The van der Waals surface area contributed by atoms with E-state index >= 15 is 0 Å².